The number of nitrogens with zero attached hydrogens (tertiary/aromatic N) is 1. The van der Waals surface area contributed by atoms with Crippen molar-refractivity contribution in [2.75, 3.05) is 26.1 Å². The third-order valence-electron chi connectivity index (χ3n) is 3.67. The number of carbonyl (C=O) groups excluding carboxylic acids is 2. The Morgan fingerprint density at radius 2 is 1.78 bits per heavy atom. The zero-order valence-electron chi connectivity index (χ0n) is 14.9. The van der Waals surface area contributed by atoms with Crippen LogP contribution in [0.4, 0.5) is 11.4 Å². The van der Waals surface area contributed by atoms with Gasteiger partial charge in [-0.2, -0.15) is 0 Å². The van der Waals surface area contributed by atoms with E-state index in [1.165, 1.54) is 38.5 Å². The molecule has 0 radical (unpaired) electrons. The lowest BCUT2D eigenvalue weighted by Gasteiger charge is -2.10. The first-order chi connectivity index (χ1) is 12.9. The van der Waals surface area contributed by atoms with Crippen LogP contribution in [-0.4, -0.2) is 37.5 Å². The fraction of sp³-hybridized carbons (Fsp3) is 0.222. The van der Waals surface area contributed by atoms with Gasteiger partial charge in [0.2, 0.25) is 0 Å². The highest BCUT2D eigenvalue weighted by Gasteiger charge is 2.15. The number of anilines is 1. The molecular formula is C18H19N3O6. The first-order valence-electron chi connectivity index (χ1n) is 7.99. The quantitative estimate of drug-likeness (QED) is 0.435. The number of carbonyl (C=O) groups is 2. The molecule has 2 rings (SSSR count). The summed E-state index contributed by atoms with van der Waals surface area (Å²) in [5.74, 6) is -0.559. The van der Waals surface area contributed by atoms with Gasteiger partial charge in [0.1, 0.15) is 0 Å². The second-order valence-corrected chi connectivity index (χ2v) is 5.46. The van der Waals surface area contributed by atoms with Crippen molar-refractivity contribution in [2.24, 2.45) is 0 Å². The largest absolute Gasteiger partial charge is 0.493 e. The van der Waals surface area contributed by atoms with Crippen molar-refractivity contribution >= 4 is 23.2 Å². The molecule has 0 atom stereocenters. The van der Waals surface area contributed by atoms with Crippen LogP contribution in [0.5, 0.6) is 11.5 Å². The third kappa shape index (κ3) is 5.43. The van der Waals surface area contributed by atoms with Gasteiger partial charge in [-0.25, -0.2) is 0 Å². The Bertz CT molecular complexity index is 853. The van der Waals surface area contributed by atoms with Gasteiger partial charge in [-0.3, -0.25) is 19.7 Å². The van der Waals surface area contributed by atoms with Crippen LogP contribution in [0.2, 0.25) is 0 Å². The molecule has 0 saturated heterocycles. The molecule has 0 spiro atoms. The van der Waals surface area contributed by atoms with E-state index < -0.39 is 16.7 Å². The molecule has 9 heteroatoms. The molecule has 142 valence electrons. The van der Waals surface area contributed by atoms with E-state index in [4.69, 9.17) is 9.47 Å². The summed E-state index contributed by atoms with van der Waals surface area (Å²) in [5.41, 5.74) is 0.887. The van der Waals surface area contributed by atoms with E-state index in [0.29, 0.717) is 17.9 Å². The Balaban J connectivity index is 1.87. The SMILES string of the molecule is COc1ccc(CCNC(=O)C(=O)Nc2cccc([N+](=O)[O-])c2)cc1OC. The molecule has 2 N–H and O–H groups in total. The number of hydrogen-bond acceptors (Lipinski definition) is 6. The summed E-state index contributed by atoms with van der Waals surface area (Å²) in [6, 6.07) is 10.7. The molecular weight excluding hydrogens is 354 g/mol. The van der Waals surface area contributed by atoms with Crippen LogP contribution >= 0.6 is 0 Å². The number of nitro groups is 1. The number of nitrogens with one attached hydrogen (secondary N) is 2. The van der Waals surface area contributed by atoms with Crippen molar-refractivity contribution in [3.8, 4) is 11.5 Å². The molecule has 2 amide bonds. The number of amides is 2. The summed E-state index contributed by atoms with van der Waals surface area (Å²) >= 11 is 0. The van der Waals surface area contributed by atoms with Gasteiger partial charge < -0.3 is 20.1 Å². The molecule has 0 aliphatic heterocycles. The summed E-state index contributed by atoms with van der Waals surface area (Å²) < 4.78 is 10.4. The van der Waals surface area contributed by atoms with E-state index in [9.17, 15) is 19.7 Å². The van der Waals surface area contributed by atoms with Crippen LogP contribution in [0, 0.1) is 10.1 Å². The van der Waals surface area contributed by atoms with E-state index in [1.54, 1.807) is 12.1 Å². The molecule has 9 nitrogen and oxygen atoms in total. The van der Waals surface area contributed by atoms with E-state index in [2.05, 4.69) is 10.6 Å². The van der Waals surface area contributed by atoms with Gasteiger partial charge in [-0.15, -0.1) is 0 Å². The van der Waals surface area contributed by atoms with Crippen molar-refractivity contribution in [3.63, 3.8) is 0 Å². The van der Waals surface area contributed by atoms with Crippen molar-refractivity contribution in [2.45, 2.75) is 6.42 Å². The Kier molecular flexibility index (Phi) is 6.70. The Labute approximate surface area is 155 Å². The molecule has 0 aromatic heterocycles. The zero-order valence-corrected chi connectivity index (χ0v) is 14.9. The van der Waals surface area contributed by atoms with Crippen molar-refractivity contribution in [3.05, 3.63) is 58.1 Å². The monoisotopic (exact) mass is 373 g/mol. The van der Waals surface area contributed by atoms with Gasteiger partial charge in [0.15, 0.2) is 11.5 Å². The summed E-state index contributed by atoms with van der Waals surface area (Å²) in [7, 11) is 3.07. The minimum absolute atomic E-state index is 0.171. The molecule has 0 bridgehead atoms. The topological polar surface area (TPSA) is 120 Å². The van der Waals surface area contributed by atoms with Gasteiger partial charge in [-0.05, 0) is 30.2 Å². The van der Waals surface area contributed by atoms with Gasteiger partial charge >= 0.3 is 11.8 Å². The highest BCUT2D eigenvalue weighted by Crippen LogP contribution is 2.27. The number of methoxy groups -OCH3 is 2. The predicted octanol–water partition coefficient (Wildman–Crippen LogP) is 1.91. The predicted molar refractivity (Wildman–Crippen MR) is 98.0 cm³/mol. The first kappa shape index (κ1) is 19.7. The van der Waals surface area contributed by atoms with Crippen LogP contribution in [0.3, 0.4) is 0 Å². The van der Waals surface area contributed by atoms with E-state index >= 15 is 0 Å². The maximum Gasteiger partial charge on any atom is 0.313 e. The summed E-state index contributed by atoms with van der Waals surface area (Å²) in [4.78, 5) is 33.9. The van der Waals surface area contributed by atoms with Crippen LogP contribution in [0.1, 0.15) is 5.56 Å². The number of rotatable bonds is 7. The number of hydrogen-bond donors (Lipinski definition) is 2. The second kappa shape index (κ2) is 9.18. The second-order valence-electron chi connectivity index (χ2n) is 5.46. The highest BCUT2D eigenvalue weighted by atomic mass is 16.6. The first-order valence-corrected chi connectivity index (χ1v) is 7.99. The van der Waals surface area contributed by atoms with Gasteiger partial charge in [0.25, 0.3) is 5.69 Å². The lowest BCUT2D eigenvalue weighted by Crippen LogP contribution is -2.36. The molecule has 2 aromatic carbocycles. The Hall–Kier alpha value is -3.62. The lowest BCUT2D eigenvalue weighted by molar-refractivity contribution is -0.384. The smallest absolute Gasteiger partial charge is 0.313 e. The summed E-state index contributed by atoms with van der Waals surface area (Å²) in [6.45, 7) is 0.233. The summed E-state index contributed by atoms with van der Waals surface area (Å²) in [5, 5.41) is 15.6. The molecule has 27 heavy (non-hydrogen) atoms. The van der Waals surface area contributed by atoms with Crippen molar-refractivity contribution < 1.29 is 24.0 Å². The Morgan fingerprint density at radius 1 is 1.04 bits per heavy atom. The fourth-order valence-corrected chi connectivity index (χ4v) is 2.32. The van der Waals surface area contributed by atoms with Crippen LogP contribution in [0.25, 0.3) is 0 Å². The van der Waals surface area contributed by atoms with Crippen LogP contribution < -0.4 is 20.1 Å². The molecule has 0 saturated carbocycles. The number of ether oxygens (including phenoxy) is 2. The molecule has 0 aliphatic carbocycles. The maximum atomic E-state index is 11.9. The van der Waals surface area contributed by atoms with Crippen molar-refractivity contribution in [1.29, 1.82) is 0 Å². The normalized spacial score (nSPS) is 10.0. The zero-order chi connectivity index (χ0) is 19.8. The summed E-state index contributed by atoms with van der Waals surface area (Å²) in [6.07, 6.45) is 0.482. The minimum Gasteiger partial charge on any atom is -0.493 e. The van der Waals surface area contributed by atoms with Gasteiger partial charge in [-0.1, -0.05) is 12.1 Å². The number of nitro benzene ring substituents is 1. The van der Waals surface area contributed by atoms with Crippen LogP contribution in [0.15, 0.2) is 42.5 Å². The number of benzene rings is 2. The Morgan fingerprint density at radius 3 is 2.44 bits per heavy atom. The lowest BCUT2D eigenvalue weighted by atomic mass is 10.1. The van der Waals surface area contributed by atoms with E-state index in [0.717, 1.165) is 5.56 Å². The average molecular weight is 373 g/mol. The van der Waals surface area contributed by atoms with Crippen molar-refractivity contribution in [1.82, 2.24) is 5.32 Å². The highest BCUT2D eigenvalue weighted by molar-refractivity contribution is 6.39. The minimum atomic E-state index is -0.900. The van der Waals surface area contributed by atoms with Crippen LogP contribution in [-0.2, 0) is 16.0 Å². The van der Waals surface area contributed by atoms with E-state index in [1.807, 2.05) is 6.07 Å². The number of non-ortho nitro benzene ring substituents is 1. The molecule has 0 fully saturated rings. The van der Waals surface area contributed by atoms with E-state index in [-0.39, 0.29) is 17.9 Å². The fourth-order valence-electron chi connectivity index (χ4n) is 2.32. The molecule has 0 aliphatic rings. The third-order valence-corrected chi connectivity index (χ3v) is 3.67. The average Bonchev–Trinajstić information content (AvgIpc) is 2.67. The maximum absolute atomic E-state index is 11.9. The van der Waals surface area contributed by atoms with Gasteiger partial charge in [0, 0.05) is 24.4 Å². The molecule has 0 heterocycles. The standard InChI is InChI=1S/C18H19N3O6/c1-26-15-7-6-12(10-16(15)27-2)8-9-19-17(22)18(23)20-13-4-3-5-14(11-13)21(24)25/h3-7,10-11H,8-9H2,1-2H3,(H,19,22)(H,20,23). The molecule has 2 aromatic rings. The van der Waals surface area contributed by atoms with Gasteiger partial charge in [0.05, 0.1) is 19.1 Å². The molecule has 0 unspecified atom stereocenters.